The maximum Gasteiger partial charge on any atom is 0.242 e. The van der Waals surface area contributed by atoms with E-state index in [1.165, 1.54) is 25.3 Å². The molecule has 4 rings (SSSR count). The molecule has 34 heavy (non-hydrogen) atoms. The Bertz CT molecular complexity index is 1360. The number of aromatic nitrogens is 3. The van der Waals surface area contributed by atoms with E-state index in [-0.39, 0.29) is 23.3 Å². The van der Waals surface area contributed by atoms with E-state index in [1.807, 2.05) is 20.9 Å². The van der Waals surface area contributed by atoms with E-state index in [0.29, 0.717) is 23.7 Å². The third kappa shape index (κ3) is 4.71. The summed E-state index contributed by atoms with van der Waals surface area (Å²) in [6.45, 7) is 3.88. The fourth-order valence-electron chi connectivity index (χ4n) is 4.00. The predicted octanol–water partition coefficient (Wildman–Crippen LogP) is 2.61. The van der Waals surface area contributed by atoms with Crippen molar-refractivity contribution in [3.8, 4) is 11.6 Å². The summed E-state index contributed by atoms with van der Waals surface area (Å²) in [5, 5.41) is 7.98. The molecule has 10 nitrogen and oxygen atoms in total. The number of fused-ring (bicyclic) bond motifs is 1. The Morgan fingerprint density at radius 3 is 2.59 bits per heavy atom. The predicted molar refractivity (Wildman–Crippen MR) is 128 cm³/mol. The number of pyridine rings is 1. The van der Waals surface area contributed by atoms with Gasteiger partial charge in [0.05, 0.1) is 30.2 Å². The zero-order valence-electron chi connectivity index (χ0n) is 19.9. The van der Waals surface area contributed by atoms with Gasteiger partial charge in [-0.1, -0.05) is 0 Å². The van der Waals surface area contributed by atoms with Gasteiger partial charge in [0, 0.05) is 25.2 Å². The topological polar surface area (TPSA) is 124 Å². The van der Waals surface area contributed by atoms with Crippen LogP contribution in [-0.4, -0.2) is 49.4 Å². The van der Waals surface area contributed by atoms with Crippen molar-refractivity contribution in [1.82, 2.24) is 19.5 Å². The minimum Gasteiger partial charge on any atom is -0.495 e. The number of nitrogens with one attached hydrogen (secondary N) is 2. The molecular formula is C23H29N5O5S. The number of rotatable bonds is 9. The maximum absolute atomic E-state index is 12.8. The Morgan fingerprint density at radius 1 is 1.21 bits per heavy atom. The van der Waals surface area contributed by atoms with Crippen LogP contribution in [0.2, 0.25) is 0 Å². The average molecular weight is 488 g/mol. The van der Waals surface area contributed by atoms with Gasteiger partial charge in [0.15, 0.2) is 5.65 Å². The summed E-state index contributed by atoms with van der Waals surface area (Å²) < 4.78 is 40.2. The van der Waals surface area contributed by atoms with Gasteiger partial charge in [0.2, 0.25) is 21.8 Å². The number of nitrogens with zero attached hydrogens (tertiary/aromatic N) is 3. The van der Waals surface area contributed by atoms with Crippen LogP contribution in [0.4, 0.5) is 5.69 Å². The first-order valence-corrected chi connectivity index (χ1v) is 12.5. The number of carbonyl (C=O) groups is 1. The van der Waals surface area contributed by atoms with Crippen molar-refractivity contribution in [2.75, 3.05) is 19.5 Å². The van der Waals surface area contributed by atoms with Gasteiger partial charge in [-0.2, -0.15) is 0 Å². The highest BCUT2D eigenvalue weighted by molar-refractivity contribution is 7.89. The van der Waals surface area contributed by atoms with Gasteiger partial charge in [-0.15, -0.1) is 5.10 Å². The number of sulfonamides is 1. The second-order valence-electron chi connectivity index (χ2n) is 8.44. The van der Waals surface area contributed by atoms with Crippen molar-refractivity contribution >= 4 is 32.7 Å². The summed E-state index contributed by atoms with van der Waals surface area (Å²) in [6, 6.07) is 4.42. The molecule has 11 heteroatoms. The number of hydrogen-bond acceptors (Lipinski definition) is 7. The number of hydrogen-bond donors (Lipinski definition) is 2. The highest BCUT2D eigenvalue weighted by atomic mass is 32.2. The molecule has 1 aliphatic carbocycles. The first kappa shape index (κ1) is 24.0. The Labute approximate surface area is 198 Å². The number of ether oxygens (including phenoxy) is 2. The van der Waals surface area contributed by atoms with E-state index in [1.54, 1.807) is 11.8 Å². The standard InChI is InChI=1S/C23H29N5O5S/c1-13-17(14(2)24-22-21(13)23(33-5)26-28(22)3)9-11-20(29)25-18-12-16(8-10-19(18)32-4)34(30,31)27-15-6-7-15/h8,10,12,15,27H,6-7,9,11H2,1-5H3,(H,25,29). The van der Waals surface area contributed by atoms with E-state index in [2.05, 4.69) is 20.1 Å². The van der Waals surface area contributed by atoms with Crippen LogP contribution in [0.1, 0.15) is 36.1 Å². The summed E-state index contributed by atoms with van der Waals surface area (Å²) in [5.74, 6) is 0.616. The summed E-state index contributed by atoms with van der Waals surface area (Å²) in [5.41, 5.74) is 3.77. The van der Waals surface area contributed by atoms with Crippen molar-refractivity contribution in [2.45, 2.75) is 50.5 Å². The minimum atomic E-state index is -3.66. The van der Waals surface area contributed by atoms with Crippen LogP contribution in [0, 0.1) is 13.8 Å². The van der Waals surface area contributed by atoms with E-state index in [0.717, 1.165) is 40.7 Å². The number of amides is 1. The van der Waals surface area contributed by atoms with Crippen molar-refractivity contribution in [3.63, 3.8) is 0 Å². The molecule has 1 amide bonds. The Balaban J connectivity index is 1.53. The molecule has 0 unspecified atom stereocenters. The fourth-order valence-corrected chi connectivity index (χ4v) is 5.33. The highest BCUT2D eigenvalue weighted by Gasteiger charge is 2.28. The Morgan fingerprint density at radius 2 is 1.94 bits per heavy atom. The molecule has 2 N–H and O–H groups in total. The van der Waals surface area contributed by atoms with E-state index in [9.17, 15) is 13.2 Å². The van der Waals surface area contributed by atoms with Gasteiger partial charge in [-0.05, 0) is 62.4 Å². The highest BCUT2D eigenvalue weighted by Crippen LogP contribution is 2.32. The molecule has 3 aromatic rings. The van der Waals surface area contributed by atoms with E-state index < -0.39 is 10.0 Å². The number of carbonyl (C=O) groups excluding carboxylic acids is 1. The maximum atomic E-state index is 12.8. The Kier molecular flexibility index (Phi) is 6.50. The minimum absolute atomic E-state index is 0.0130. The fraction of sp³-hybridized carbons (Fsp3) is 0.435. The van der Waals surface area contributed by atoms with Crippen LogP contribution in [0.15, 0.2) is 23.1 Å². The molecule has 1 aliphatic rings. The summed E-state index contributed by atoms with van der Waals surface area (Å²) in [7, 11) is 1.19. The SMILES string of the molecule is COc1ccc(S(=O)(=O)NC2CC2)cc1NC(=O)CCc1c(C)nc2c(c(OC)nn2C)c1C. The number of aryl methyl sites for hydroxylation is 3. The van der Waals surface area contributed by atoms with Gasteiger partial charge in [-0.25, -0.2) is 22.8 Å². The van der Waals surface area contributed by atoms with Crippen LogP contribution >= 0.6 is 0 Å². The number of benzene rings is 1. The zero-order chi connectivity index (χ0) is 24.6. The van der Waals surface area contributed by atoms with Gasteiger partial charge < -0.3 is 14.8 Å². The monoisotopic (exact) mass is 487 g/mol. The van der Waals surface area contributed by atoms with Gasteiger partial charge in [0.1, 0.15) is 5.75 Å². The van der Waals surface area contributed by atoms with Crippen molar-refractivity contribution in [2.24, 2.45) is 7.05 Å². The van der Waals surface area contributed by atoms with Gasteiger partial charge >= 0.3 is 0 Å². The second kappa shape index (κ2) is 9.22. The molecule has 1 aromatic carbocycles. The molecule has 0 spiro atoms. The van der Waals surface area contributed by atoms with Crippen molar-refractivity contribution in [3.05, 3.63) is 35.0 Å². The third-order valence-electron chi connectivity index (χ3n) is 5.97. The van der Waals surface area contributed by atoms with E-state index >= 15 is 0 Å². The van der Waals surface area contributed by atoms with Gasteiger partial charge in [0.25, 0.3) is 0 Å². The molecule has 2 heterocycles. The second-order valence-corrected chi connectivity index (χ2v) is 10.2. The zero-order valence-corrected chi connectivity index (χ0v) is 20.7. The summed E-state index contributed by atoms with van der Waals surface area (Å²) >= 11 is 0. The van der Waals surface area contributed by atoms with Crippen molar-refractivity contribution < 1.29 is 22.7 Å². The smallest absolute Gasteiger partial charge is 0.242 e. The van der Waals surface area contributed by atoms with Crippen LogP contribution < -0.4 is 19.5 Å². The lowest BCUT2D eigenvalue weighted by Gasteiger charge is -2.14. The molecule has 2 aromatic heterocycles. The molecule has 0 radical (unpaired) electrons. The Hall–Kier alpha value is -3.18. The van der Waals surface area contributed by atoms with Gasteiger partial charge in [-0.3, -0.25) is 4.79 Å². The molecule has 182 valence electrons. The van der Waals surface area contributed by atoms with Crippen LogP contribution in [0.25, 0.3) is 11.0 Å². The molecular weight excluding hydrogens is 458 g/mol. The molecule has 0 atom stereocenters. The van der Waals surface area contributed by atoms with E-state index in [4.69, 9.17) is 9.47 Å². The van der Waals surface area contributed by atoms with Crippen LogP contribution in [-0.2, 0) is 28.3 Å². The summed E-state index contributed by atoms with van der Waals surface area (Å²) in [4.78, 5) is 17.6. The van der Waals surface area contributed by atoms with Crippen LogP contribution in [0.5, 0.6) is 11.6 Å². The first-order chi connectivity index (χ1) is 16.1. The number of methoxy groups -OCH3 is 2. The summed E-state index contributed by atoms with van der Waals surface area (Å²) in [6.07, 6.45) is 2.30. The molecule has 0 aliphatic heterocycles. The molecule has 1 saturated carbocycles. The lowest BCUT2D eigenvalue weighted by atomic mass is 10.00. The first-order valence-electron chi connectivity index (χ1n) is 11.0. The normalized spacial score (nSPS) is 13.8. The number of anilines is 1. The molecule has 0 bridgehead atoms. The average Bonchev–Trinajstić information content (AvgIpc) is 3.54. The lowest BCUT2D eigenvalue weighted by Crippen LogP contribution is -2.26. The lowest BCUT2D eigenvalue weighted by molar-refractivity contribution is -0.116. The largest absolute Gasteiger partial charge is 0.495 e. The molecule has 0 saturated heterocycles. The molecule has 1 fully saturated rings. The third-order valence-corrected chi connectivity index (χ3v) is 7.49. The quantitative estimate of drug-likeness (QED) is 0.475. The van der Waals surface area contributed by atoms with Crippen LogP contribution in [0.3, 0.4) is 0 Å². The van der Waals surface area contributed by atoms with Crippen molar-refractivity contribution in [1.29, 1.82) is 0 Å².